The molecule has 0 bridgehead atoms. The van der Waals surface area contributed by atoms with E-state index in [0.29, 0.717) is 5.56 Å². The lowest BCUT2D eigenvalue weighted by Crippen LogP contribution is -2.48. The van der Waals surface area contributed by atoms with Crippen molar-refractivity contribution in [1.29, 1.82) is 0 Å². The molecule has 1 N–H and O–H groups in total. The fourth-order valence-electron chi connectivity index (χ4n) is 2.88. The van der Waals surface area contributed by atoms with Gasteiger partial charge in [0.15, 0.2) is 0 Å². The summed E-state index contributed by atoms with van der Waals surface area (Å²) in [6.45, 7) is 9.72. The van der Waals surface area contributed by atoms with Crippen molar-refractivity contribution in [3.05, 3.63) is 35.4 Å². The number of halogens is 4. The Kier molecular flexibility index (Phi) is 8.11. The summed E-state index contributed by atoms with van der Waals surface area (Å²) >= 11 is 0. The van der Waals surface area contributed by atoms with Gasteiger partial charge in [0.25, 0.3) is 0 Å². The van der Waals surface area contributed by atoms with Gasteiger partial charge in [-0.15, -0.1) is 24.8 Å². The third-order valence-corrected chi connectivity index (χ3v) is 3.59. The van der Waals surface area contributed by atoms with E-state index in [0.717, 1.165) is 26.2 Å². The second-order valence-corrected chi connectivity index (χ2v) is 6.22. The molecule has 0 unspecified atom stereocenters. The topological polar surface area (TPSA) is 15.3 Å². The first kappa shape index (κ1) is 20.6. The molecule has 1 atom stereocenters. The number of hydrogen-bond donors (Lipinski definition) is 1. The first-order valence-corrected chi connectivity index (χ1v) is 6.79. The number of rotatable bonds is 2. The van der Waals surface area contributed by atoms with Gasteiger partial charge in [-0.1, -0.05) is 20.8 Å². The van der Waals surface area contributed by atoms with Gasteiger partial charge in [-0.25, -0.2) is 8.78 Å². The van der Waals surface area contributed by atoms with Crippen molar-refractivity contribution in [1.82, 2.24) is 10.2 Å². The SMILES string of the molecule is CC(C)(C)[C@@H](c1cc(F)ccc1F)N1CCNCC1.Cl.Cl. The molecule has 1 aromatic carbocycles. The standard InChI is InChI=1S/C15H22F2N2.2ClH/c1-15(2,3)14(19-8-6-18-7-9-19)12-10-11(16)4-5-13(12)17;;/h4-5,10,14,18H,6-9H2,1-3H3;2*1H/t14-;;/m1../s1. The Hall–Kier alpha value is -0.420. The van der Waals surface area contributed by atoms with Crippen LogP contribution >= 0.6 is 24.8 Å². The molecule has 0 amide bonds. The lowest BCUT2D eigenvalue weighted by Gasteiger charge is -2.42. The average Bonchev–Trinajstić information content (AvgIpc) is 2.33. The van der Waals surface area contributed by atoms with E-state index in [4.69, 9.17) is 0 Å². The maximum absolute atomic E-state index is 14.1. The number of benzene rings is 1. The minimum atomic E-state index is -0.374. The first-order chi connectivity index (χ1) is 8.89. The maximum atomic E-state index is 14.1. The van der Waals surface area contributed by atoms with E-state index in [1.165, 1.54) is 18.2 Å². The van der Waals surface area contributed by atoms with Gasteiger partial charge in [-0.2, -0.15) is 0 Å². The van der Waals surface area contributed by atoms with Crippen LogP contribution in [0.4, 0.5) is 8.78 Å². The Morgan fingerprint density at radius 2 is 1.67 bits per heavy atom. The van der Waals surface area contributed by atoms with Crippen LogP contribution in [0, 0.1) is 17.0 Å². The Bertz CT molecular complexity index is 444. The number of piperazine rings is 1. The fraction of sp³-hybridized carbons (Fsp3) is 0.600. The van der Waals surface area contributed by atoms with Gasteiger partial charge in [0, 0.05) is 37.8 Å². The van der Waals surface area contributed by atoms with Gasteiger partial charge in [-0.05, 0) is 23.6 Å². The smallest absolute Gasteiger partial charge is 0.128 e. The molecule has 2 nitrogen and oxygen atoms in total. The summed E-state index contributed by atoms with van der Waals surface area (Å²) in [6, 6.07) is 3.64. The Balaban J connectivity index is 0.00000200. The fourth-order valence-corrected chi connectivity index (χ4v) is 2.88. The maximum Gasteiger partial charge on any atom is 0.128 e. The van der Waals surface area contributed by atoms with Crippen molar-refractivity contribution >= 4 is 24.8 Å². The summed E-state index contributed by atoms with van der Waals surface area (Å²) in [7, 11) is 0. The molecule has 0 radical (unpaired) electrons. The predicted octanol–water partition coefficient (Wildman–Crippen LogP) is 3.80. The van der Waals surface area contributed by atoms with E-state index >= 15 is 0 Å². The van der Waals surface area contributed by atoms with Crippen molar-refractivity contribution in [3.8, 4) is 0 Å². The van der Waals surface area contributed by atoms with Crippen LogP contribution in [0.3, 0.4) is 0 Å². The molecule has 1 aromatic rings. The molecular weight excluding hydrogens is 317 g/mol. The Morgan fingerprint density at radius 3 is 2.19 bits per heavy atom. The zero-order valence-corrected chi connectivity index (χ0v) is 14.3. The average molecular weight is 341 g/mol. The van der Waals surface area contributed by atoms with Crippen LogP contribution in [-0.2, 0) is 0 Å². The number of hydrogen-bond acceptors (Lipinski definition) is 2. The number of nitrogens with zero attached hydrogens (tertiary/aromatic N) is 1. The van der Waals surface area contributed by atoms with Gasteiger partial charge in [0.05, 0.1) is 0 Å². The van der Waals surface area contributed by atoms with Gasteiger partial charge in [-0.3, -0.25) is 4.90 Å². The summed E-state index contributed by atoms with van der Waals surface area (Å²) in [5.41, 5.74) is 0.320. The van der Waals surface area contributed by atoms with Gasteiger partial charge >= 0.3 is 0 Å². The Morgan fingerprint density at radius 1 is 1.10 bits per heavy atom. The van der Waals surface area contributed by atoms with Crippen molar-refractivity contribution in [2.75, 3.05) is 26.2 Å². The van der Waals surface area contributed by atoms with Gasteiger partial charge in [0.1, 0.15) is 11.6 Å². The minimum Gasteiger partial charge on any atom is -0.314 e. The Labute approximate surface area is 138 Å². The minimum absolute atomic E-state index is 0. The van der Waals surface area contributed by atoms with E-state index < -0.39 is 0 Å². The highest BCUT2D eigenvalue weighted by molar-refractivity contribution is 5.85. The summed E-state index contributed by atoms with van der Waals surface area (Å²) in [5, 5.41) is 3.29. The molecule has 1 saturated heterocycles. The van der Waals surface area contributed by atoms with Crippen LogP contribution in [0.5, 0.6) is 0 Å². The van der Waals surface area contributed by atoms with E-state index in [9.17, 15) is 8.78 Å². The van der Waals surface area contributed by atoms with Crippen LogP contribution in [0.25, 0.3) is 0 Å². The van der Waals surface area contributed by atoms with Crippen LogP contribution in [0.1, 0.15) is 32.4 Å². The van der Waals surface area contributed by atoms with Gasteiger partial charge < -0.3 is 5.32 Å². The third kappa shape index (κ3) is 5.06. The van der Waals surface area contributed by atoms with Gasteiger partial charge in [0.2, 0.25) is 0 Å². The second kappa shape index (κ2) is 8.28. The van der Waals surface area contributed by atoms with Crippen LogP contribution in [-0.4, -0.2) is 31.1 Å². The monoisotopic (exact) mass is 340 g/mol. The van der Waals surface area contributed by atoms with Crippen molar-refractivity contribution < 1.29 is 8.78 Å². The molecule has 1 aliphatic rings. The summed E-state index contributed by atoms with van der Waals surface area (Å²) in [6.07, 6.45) is 0. The van der Waals surface area contributed by atoms with E-state index in [2.05, 4.69) is 31.0 Å². The second-order valence-electron chi connectivity index (χ2n) is 6.22. The molecule has 21 heavy (non-hydrogen) atoms. The molecule has 0 saturated carbocycles. The quantitative estimate of drug-likeness (QED) is 0.880. The lowest BCUT2D eigenvalue weighted by molar-refractivity contribution is 0.0832. The van der Waals surface area contributed by atoms with E-state index in [-0.39, 0.29) is 47.9 Å². The largest absolute Gasteiger partial charge is 0.314 e. The normalized spacial score (nSPS) is 17.6. The highest BCUT2D eigenvalue weighted by Gasteiger charge is 2.34. The molecular formula is C15H24Cl2F2N2. The van der Waals surface area contributed by atoms with Crippen LogP contribution in [0.15, 0.2) is 18.2 Å². The molecule has 0 aliphatic carbocycles. The van der Waals surface area contributed by atoms with E-state index in [1.54, 1.807) is 0 Å². The summed E-state index contributed by atoms with van der Waals surface area (Å²) in [5.74, 6) is -0.694. The lowest BCUT2D eigenvalue weighted by atomic mass is 9.80. The highest BCUT2D eigenvalue weighted by Crippen LogP contribution is 2.39. The van der Waals surface area contributed by atoms with Crippen molar-refractivity contribution in [2.45, 2.75) is 26.8 Å². The van der Waals surface area contributed by atoms with E-state index in [1.807, 2.05) is 0 Å². The molecule has 0 spiro atoms. The van der Waals surface area contributed by atoms with Crippen LogP contribution < -0.4 is 5.32 Å². The van der Waals surface area contributed by atoms with Crippen molar-refractivity contribution in [3.63, 3.8) is 0 Å². The highest BCUT2D eigenvalue weighted by atomic mass is 35.5. The molecule has 0 aromatic heterocycles. The zero-order chi connectivity index (χ0) is 14.0. The first-order valence-electron chi connectivity index (χ1n) is 6.79. The summed E-state index contributed by atoms with van der Waals surface area (Å²) < 4.78 is 27.6. The summed E-state index contributed by atoms with van der Waals surface area (Å²) in [4.78, 5) is 2.24. The molecule has 2 rings (SSSR count). The molecule has 1 fully saturated rings. The molecule has 1 heterocycles. The number of nitrogens with one attached hydrogen (secondary N) is 1. The van der Waals surface area contributed by atoms with Crippen molar-refractivity contribution in [2.24, 2.45) is 5.41 Å². The predicted molar refractivity (Wildman–Crippen MR) is 87.5 cm³/mol. The van der Waals surface area contributed by atoms with Crippen LogP contribution in [0.2, 0.25) is 0 Å². The molecule has 1 aliphatic heterocycles. The third-order valence-electron chi connectivity index (χ3n) is 3.59. The zero-order valence-electron chi connectivity index (χ0n) is 12.7. The molecule has 6 heteroatoms. The molecule has 122 valence electrons.